The van der Waals surface area contributed by atoms with Gasteiger partial charge in [-0.25, -0.2) is 0 Å². The van der Waals surface area contributed by atoms with E-state index in [1.54, 1.807) is 0 Å². The van der Waals surface area contributed by atoms with Crippen molar-refractivity contribution in [3.63, 3.8) is 0 Å². The number of hydrogen-bond donors (Lipinski definition) is 0. The number of rotatable bonds is 7. The molecule has 0 aromatic heterocycles. The van der Waals surface area contributed by atoms with E-state index in [0.717, 1.165) is 13.0 Å². The van der Waals surface area contributed by atoms with Crippen LogP contribution in [0.2, 0.25) is 0 Å². The average molecular weight is 224 g/mol. The Bertz CT molecular complexity index is 241. The molecule has 0 aliphatic heterocycles. The second kappa shape index (κ2) is 8.15. The first-order valence-electron chi connectivity index (χ1n) is 6.12. The van der Waals surface area contributed by atoms with Crippen molar-refractivity contribution >= 4 is 5.91 Å². The lowest BCUT2D eigenvalue weighted by atomic mass is 10.1. The van der Waals surface area contributed by atoms with E-state index in [2.05, 4.69) is 33.8 Å². The molecule has 0 spiro atoms. The van der Waals surface area contributed by atoms with Crippen molar-refractivity contribution in [1.29, 1.82) is 5.26 Å². The fourth-order valence-corrected chi connectivity index (χ4v) is 1.51. The van der Waals surface area contributed by atoms with E-state index in [4.69, 9.17) is 5.26 Å². The summed E-state index contributed by atoms with van der Waals surface area (Å²) in [5.41, 5.74) is 0. The molecule has 3 heteroatoms. The highest BCUT2D eigenvalue weighted by Gasteiger charge is 2.14. The van der Waals surface area contributed by atoms with Crippen LogP contribution in [0.15, 0.2) is 0 Å². The average Bonchev–Trinajstić information content (AvgIpc) is 2.20. The van der Waals surface area contributed by atoms with E-state index >= 15 is 0 Å². The Morgan fingerprint density at radius 2 is 1.88 bits per heavy atom. The first kappa shape index (κ1) is 15.0. The second-order valence-corrected chi connectivity index (χ2v) is 5.07. The van der Waals surface area contributed by atoms with E-state index in [1.807, 2.05) is 4.90 Å². The molecule has 0 N–H and O–H groups in total. The van der Waals surface area contributed by atoms with Crippen LogP contribution in [0.1, 0.15) is 47.0 Å². The molecule has 0 aromatic rings. The third-order valence-corrected chi connectivity index (χ3v) is 2.37. The minimum atomic E-state index is 0.192. The molecular formula is C13H24N2O. The molecule has 0 aliphatic rings. The molecule has 0 unspecified atom stereocenters. The number of nitrogens with zero attached hydrogens (tertiary/aromatic N) is 2. The van der Waals surface area contributed by atoms with Crippen LogP contribution in [0.5, 0.6) is 0 Å². The van der Waals surface area contributed by atoms with Gasteiger partial charge in [0.15, 0.2) is 0 Å². The van der Waals surface area contributed by atoms with Crippen LogP contribution in [0.25, 0.3) is 0 Å². The standard InChI is InChI=1S/C13H24N2O/c1-11(2)6-7-13(16)15(9-5-8-14)10-12(3)4/h11-12H,5-7,9-10H2,1-4H3. The van der Waals surface area contributed by atoms with Crippen molar-refractivity contribution in [2.24, 2.45) is 11.8 Å². The van der Waals surface area contributed by atoms with Gasteiger partial charge in [0.2, 0.25) is 5.91 Å². The number of carbonyl (C=O) groups excluding carboxylic acids is 1. The lowest BCUT2D eigenvalue weighted by Crippen LogP contribution is -2.35. The smallest absolute Gasteiger partial charge is 0.222 e. The Morgan fingerprint density at radius 3 is 2.31 bits per heavy atom. The van der Waals surface area contributed by atoms with Gasteiger partial charge in [0.05, 0.1) is 12.5 Å². The van der Waals surface area contributed by atoms with Crippen LogP contribution >= 0.6 is 0 Å². The first-order valence-corrected chi connectivity index (χ1v) is 6.12. The van der Waals surface area contributed by atoms with E-state index in [0.29, 0.717) is 31.2 Å². The molecule has 0 fully saturated rings. The number of hydrogen-bond acceptors (Lipinski definition) is 2. The summed E-state index contributed by atoms with van der Waals surface area (Å²) in [7, 11) is 0. The van der Waals surface area contributed by atoms with Gasteiger partial charge < -0.3 is 4.90 Å². The van der Waals surface area contributed by atoms with Crippen molar-refractivity contribution in [3.8, 4) is 6.07 Å². The molecule has 0 bridgehead atoms. The molecule has 0 saturated carbocycles. The monoisotopic (exact) mass is 224 g/mol. The molecule has 1 amide bonds. The third-order valence-electron chi connectivity index (χ3n) is 2.37. The molecular weight excluding hydrogens is 200 g/mol. The molecule has 0 radical (unpaired) electrons. The lowest BCUT2D eigenvalue weighted by Gasteiger charge is -2.24. The van der Waals surface area contributed by atoms with Gasteiger partial charge in [-0.3, -0.25) is 4.79 Å². The minimum Gasteiger partial charge on any atom is -0.341 e. The summed E-state index contributed by atoms with van der Waals surface area (Å²) in [6.07, 6.45) is 1.97. The van der Waals surface area contributed by atoms with Crippen molar-refractivity contribution in [2.75, 3.05) is 13.1 Å². The van der Waals surface area contributed by atoms with E-state index < -0.39 is 0 Å². The maximum Gasteiger partial charge on any atom is 0.222 e. The zero-order chi connectivity index (χ0) is 12.6. The lowest BCUT2D eigenvalue weighted by molar-refractivity contribution is -0.132. The maximum atomic E-state index is 11.9. The van der Waals surface area contributed by atoms with Gasteiger partial charge in [0.25, 0.3) is 0 Å². The fourth-order valence-electron chi connectivity index (χ4n) is 1.51. The number of nitriles is 1. The molecule has 0 rings (SSSR count). The van der Waals surface area contributed by atoms with Gasteiger partial charge in [-0.05, 0) is 18.3 Å². The number of amides is 1. The van der Waals surface area contributed by atoms with Crippen molar-refractivity contribution in [1.82, 2.24) is 4.90 Å². The van der Waals surface area contributed by atoms with Gasteiger partial charge in [-0.15, -0.1) is 0 Å². The highest BCUT2D eigenvalue weighted by Crippen LogP contribution is 2.08. The Balaban J connectivity index is 4.15. The zero-order valence-corrected chi connectivity index (χ0v) is 11.0. The Kier molecular flexibility index (Phi) is 7.62. The van der Waals surface area contributed by atoms with E-state index in [-0.39, 0.29) is 5.91 Å². The fraction of sp³-hybridized carbons (Fsp3) is 0.846. The molecule has 0 saturated heterocycles. The first-order chi connectivity index (χ1) is 7.47. The van der Waals surface area contributed by atoms with Crippen LogP contribution < -0.4 is 0 Å². The van der Waals surface area contributed by atoms with Crippen molar-refractivity contribution < 1.29 is 4.79 Å². The van der Waals surface area contributed by atoms with Crippen molar-refractivity contribution in [3.05, 3.63) is 0 Å². The van der Waals surface area contributed by atoms with Gasteiger partial charge in [-0.2, -0.15) is 5.26 Å². The molecule has 0 heterocycles. The Hall–Kier alpha value is -1.04. The number of carbonyl (C=O) groups is 1. The molecule has 0 atom stereocenters. The normalized spacial score (nSPS) is 10.6. The maximum absolute atomic E-state index is 11.9. The van der Waals surface area contributed by atoms with E-state index in [1.165, 1.54) is 0 Å². The SMILES string of the molecule is CC(C)CCC(=O)N(CCC#N)CC(C)C. The molecule has 3 nitrogen and oxygen atoms in total. The predicted octanol–water partition coefficient (Wildman–Crippen LogP) is 2.82. The van der Waals surface area contributed by atoms with Crippen LogP contribution in [-0.4, -0.2) is 23.9 Å². The van der Waals surface area contributed by atoms with Gasteiger partial charge in [0, 0.05) is 19.5 Å². The predicted molar refractivity (Wildman–Crippen MR) is 65.7 cm³/mol. The minimum absolute atomic E-state index is 0.192. The summed E-state index contributed by atoms with van der Waals surface area (Å²) in [4.78, 5) is 13.7. The van der Waals surface area contributed by atoms with Gasteiger partial charge in [-0.1, -0.05) is 27.7 Å². The Labute approximate surface area is 99.4 Å². The van der Waals surface area contributed by atoms with Crippen LogP contribution in [-0.2, 0) is 4.79 Å². The van der Waals surface area contributed by atoms with Crippen LogP contribution in [0.4, 0.5) is 0 Å². The largest absolute Gasteiger partial charge is 0.341 e. The van der Waals surface area contributed by atoms with Crippen LogP contribution in [0.3, 0.4) is 0 Å². The zero-order valence-electron chi connectivity index (χ0n) is 11.0. The van der Waals surface area contributed by atoms with Crippen LogP contribution in [0, 0.1) is 23.2 Å². The second-order valence-electron chi connectivity index (χ2n) is 5.07. The summed E-state index contributed by atoms with van der Waals surface area (Å²) >= 11 is 0. The van der Waals surface area contributed by atoms with E-state index in [9.17, 15) is 4.79 Å². The Morgan fingerprint density at radius 1 is 1.25 bits per heavy atom. The quantitative estimate of drug-likeness (QED) is 0.667. The molecule has 0 aromatic carbocycles. The summed E-state index contributed by atoms with van der Waals surface area (Å²) in [6, 6.07) is 2.10. The van der Waals surface area contributed by atoms with Crippen molar-refractivity contribution in [2.45, 2.75) is 47.0 Å². The summed E-state index contributed by atoms with van der Waals surface area (Å²) in [5, 5.41) is 8.56. The summed E-state index contributed by atoms with van der Waals surface area (Å²) in [5.74, 6) is 1.21. The van der Waals surface area contributed by atoms with Gasteiger partial charge in [0.1, 0.15) is 0 Å². The molecule has 92 valence electrons. The molecule has 0 aliphatic carbocycles. The molecule has 16 heavy (non-hydrogen) atoms. The third kappa shape index (κ3) is 7.28. The summed E-state index contributed by atoms with van der Waals surface area (Å²) < 4.78 is 0. The highest BCUT2D eigenvalue weighted by molar-refractivity contribution is 5.76. The van der Waals surface area contributed by atoms with Gasteiger partial charge >= 0.3 is 0 Å². The summed E-state index contributed by atoms with van der Waals surface area (Å²) in [6.45, 7) is 9.76. The highest BCUT2D eigenvalue weighted by atomic mass is 16.2. The topological polar surface area (TPSA) is 44.1 Å².